The molecule has 0 unspecified atom stereocenters. The molecule has 0 amide bonds. The normalized spacial score (nSPS) is 16.2. The highest BCUT2D eigenvalue weighted by Gasteiger charge is 2.22. The third-order valence-corrected chi connectivity index (χ3v) is 2.72. The maximum absolute atomic E-state index is 10.6. The Balaban J connectivity index is 2.11. The summed E-state index contributed by atoms with van der Waals surface area (Å²) in [7, 11) is 0. The van der Waals surface area contributed by atoms with Crippen molar-refractivity contribution in [3.63, 3.8) is 0 Å². The number of para-hydroxylation sites is 1. The number of carboxylic acid groups (broad SMARTS) is 1. The minimum absolute atomic E-state index is 0.381. The lowest BCUT2D eigenvalue weighted by molar-refractivity contribution is -0.138. The van der Waals surface area contributed by atoms with Gasteiger partial charge in [-0.05, 0) is 18.1 Å². The highest BCUT2D eigenvalue weighted by molar-refractivity contribution is 5.74. The van der Waals surface area contributed by atoms with Crippen molar-refractivity contribution in [2.45, 2.75) is 12.5 Å². The van der Waals surface area contributed by atoms with Crippen LogP contribution in [0.15, 0.2) is 24.3 Å². The second kappa shape index (κ2) is 3.90. The van der Waals surface area contributed by atoms with E-state index in [0.29, 0.717) is 6.54 Å². The van der Waals surface area contributed by atoms with Crippen LogP contribution in [-0.4, -0.2) is 30.2 Å². The molecule has 0 saturated heterocycles. The molecule has 0 aliphatic carbocycles. The van der Waals surface area contributed by atoms with Crippen molar-refractivity contribution in [1.29, 1.82) is 0 Å². The Morgan fingerprint density at radius 3 is 3.00 bits per heavy atom. The minimum Gasteiger partial charge on any atom is -0.480 e. The van der Waals surface area contributed by atoms with Gasteiger partial charge in [-0.3, -0.25) is 4.79 Å². The summed E-state index contributed by atoms with van der Waals surface area (Å²) in [5.74, 6) is -0.945. The summed E-state index contributed by atoms with van der Waals surface area (Å²) in [6.07, 6.45) is 0.975. The Bertz CT molecular complexity index is 379. The number of aliphatic carboxylic acids is 1. The van der Waals surface area contributed by atoms with Crippen molar-refractivity contribution in [1.82, 2.24) is 0 Å². The lowest BCUT2D eigenvalue weighted by Gasteiger charge is -2.21. The maximum atomic E-state index is 10.6. The quantitative estimate of drug-likeness (QED) is 0.754. The number of carbonyl (C=O) groups is 1. The highest BCUT2D eigenvalue weighted by atomic mass is 16.4. The predicted octanol–water partition coefficient (Wildman–Crippen LogP) is 0.461. The number of anilines is 1. The first kappa shape index (κ1) is 9.98. The number of nitrogens with zero attached hydrogens (tertiary/aromatic N) is 1. The van der Waals surface area contributed by atoms with Crippen molar-refractivity contribution in [2.75, 3.05) is 18.0 Å². The van der Waals surface area contributed by atoms with Crippen molar-refractivity contribution in [2.24, 2.45) is 5.73 Å². The van der Waals surface area contributed by atoms with E-state index in [9.17, 15) is 4.79 Å². The summed E-state index contributed by atoms with van der Waals surface area (Å²) in [6, 6.07) is 7.23. The van der Waals surface area contributed by atoms with E-state index in [4.69, 9.17) is 10.8 Å². The third kappa shape index (κ3) is 1.94. The molecule has 1 aromatic rings. The summed E-state index contributed by atoms with van der Waals surface area (Å²) in [4.78, 5) is 12.7. The average Bonchev–Trinajstić information content (AvgIpc) is 2.62. The van der Waals surface area contributed by atoms with Gasteiger partial charge in [0, 0.05) is 18.8 Å². The van der Waals surface area contributed by atoms with Crippen molar-refractivity contribution in [3.05, 3.63) is 29.8 Å². The molecule has 0 bridgehead atoms. The van der Waals surface area contributed by atoms with Crippen LogP contribution in [-0.2, 0) is 11.2 Å². The number of carboxylic acids is 1. The fourth-order valence-electron chi connectivity index (χ4n) is 1.91. The predicted molar refractivity (Wildman–Crippen MR) is 58.0 cm³/mol. The molecule has 1 aliphatic rings. The van der Waals surface area contributed by atoms with Gasteiger partial charge in [-0.1, -0.05) is 18.2 Å². The van der Waals surface area contributed by atoms with Crippen LogP contribution >= 0.6 is 0 Å². The lowest BCUT2D eigenvalue weighted by atomic mass is 10.2. The fourth-order valence-corrected chi connectivity index (χ4v) is 1.91. The number of benzene rings is 1. The van der Waals surface area contributed by atoms with Gasteiger partial charge in [-0.15, -0.1) is 0 Å². The molecular formula is C11H14N2O2. The third-order valence-electron chi connectivity index (χ3n) is 2.72. The van der Waals surface area contributed by atoms with Crippen molar-refractivity contribution in [3.8, 4) is 0 Å². The molecule has 1 atom stereocenters. The molecule has 80 valence electrons. The number of hydrogen-bond acceptors (Lipinski definition) is 3. The summed E-state index contributed by atoms with van der Waals surface area (Å²) in [6.45, 7) is 1.24. The molecule has 0 fully saturated rings. The standard InChI is InChI=1S/C11H14N2O2/c12-9(11(14)15)7-13-6-5-8-3-1-2-4-10(8)13/h1-4,9H,5-7,12H2,(H,14,15)/t9-/m0/s1. The molecule has 0 radical (unpaired) electrons. The molecule has 3 N–H and O–H groups in total. The van der Waals surface area contributed by atoms with Crippen LogP contribution in [0.25, 0.3) is 0 Å². The van der Waals surface area contributed by atoms with Crippen molar-refractivity contribution >= 4 is 11.7 Å². The van der Waals surface area contributed by atoms with Crippen molar-refractivity contribution < 1.29 is 9.90 Å². The molecule has 0 spiro atoms. The molecular weight excluding hydrogens is 192 g/mol. The van der Waals surface area contributed by atoms with E-state index in [1.54, 1.807) is 0 Å². The number of fused-ring (bicyclic) bond motifs is 1. The Kier molecular flexibility index (Phi) is 2.60. The van der Waals surface area contributed by atoms with E-state index in [1.807, 2.05) is 23.1 Å². The second-order valence-corrected chi connectivity index (χ2v) is 3.77. The Morgan fingerprint density at radius 2 is 2.27 bits per heavy atom. The first-order valence-electron chi connectivity index (χ1n) is 4.99. The molecule has 4 nitrogen and oxygen atoms in total. The molecule has 1 aliphatic heterocycles. The van der Waals surface area contributed by atoms with Gasteiger partial charge in [0.2, 0.25) is 0 Å². The number of hydrogen-bond donors (Lipinski definition) is 2. The smallest absolute Gasteiger partial charge is 0.322 e. The molecule has 1 heterocycles. The van der Waals surface area contributed by atoms with E-state index in [1.165, 1.54) is 5.56 Å². The van der Waals surface area contributed by atoms with Gasteiger partial charge in [0.25, 0.3) is 0 Å². The largest absolute Gasteiger partial charge is 0.480 e. The minimum atomic E-state index is -0.945. The van der Waals surface area contributed by atoms with E-state index >= 15 is 0 Å². The van der Waals surface area contributed by atoms with Crippen LogP contribution in [0, 0.1) is 0 Å². The van der Waals surface area contributed by atoms with E-state index in [2.05, 4.69) is 6.07 Å². The molecule has 0 aromatic heterocycles. The van der Waals surface area contributed by atoms with Crippen LogP contribution in [0.4, 0.5) is 5.69 Å². The van der Waals surface area contributed by atoms with E-state index in [0.717, 1.165) is 18.7 Å². The number of nitrogens with two attached hydrogens (primary N) is 1. The summed E-state index contributed by atoms with van der Waals surface area (Å²) < 4.78 is 0. The maximum Gasteiger partial charge on any atom is 0.322 e. The van der Waals surface area contributed by atoms with Crippen LogP contribution < -0.4 is 10.6 Å². The van der Waals surface area contributed by atoms with Gasteiger partial charge in [0.05, 0.1) is 0 Å². The molecule has 15 heavy (non-hydrogen) atoms. The molecule has 2 rings (SSSR count). The van der Waals surface area contributed by atoms with Gasteiger partial charge < -0.3 is 15.7 Å². The monoisotopic (exact) mass is 206 g/mol. The summed E-state index contributed by atoms with van der Waals surface area (Å²) in [5, 5.41) is 8.74. The zero-order chi connectivity index (χ0) is 10.8. The second-order valence-electron chi connectivity index (χ2n) is 3.77. The first-order valence-corrected chi connectivity index (χ1v) is 4.99. The molecule has 4 heteroatoms. The fraction of sp³-hybridized carbons (Fsp3) is 0.364. The van der Waals surface area contributed by atoms with E-state index < -0.39 is 12.0 Å². The van der Waals surface area contributed by atoms with Gasteiger partial charge in [0.15, 0.2) is 0 Å². The Morgan fingerprint density at radius 1 is 1.53 bits per heavy atom. The zero-order valence-electron chi connectivity index (χ0n) is 8.39. The van der Waals surface area contributed by atoms with Gasteiger partial charge in [-0.2, -0.15) is 0 Å². The van der Waals surface area contributed by atoms with Gasteiger partial charge in [-0.25, -0.2) is 0 Å². The first-order chi connectivity index (χ1) is 7.18. The molecule has 0 saturated carbocycles. The summed E-state index contributed by atoms with van der Waals surface area (Å²) >= 11 is 0. The Labute approximate surface area is 88.3 Å². The van der Waals surface area contributed by atoms with Crippen LogP contribution in [0.1, 0.15) is 5.56 Å². The average molecular weight is 206 g/mol. The van der Waals surface area contributed by atoms with Crippen LogP contribution in [0.3, 0.4) is 0 Å². The van der Waals surface area contributed by atoms with Gasteiger partial charge in [0.1, 0.15) is 6.04 Å². The highest BCUT2D eigenvalue weighted by Crippen LogP contribution is 2.26. The van der Waals surface area contributed by atoms with E-state index in [-0.39, 0.29) is 0 Å². The zero-order valence-corrected chi connectivity index (χ0v) is 8.39. The lowest BCUT2D eigenvalue weighted by Crippen LogP contribution is -2.42. The Hall–Kier alpha value is -1.55. The number of rotatable bonds is 3. The van der Waals surface area contributed by atoms with Crippen LogP contribution in [0.5, 0.6) is 0 Å². The van der Waals surface area contributed by atoms with Crippen LogP contribution in [0.2, 0.25) is 0 Å². The topological polar surface area (TPSA) is 66.6 Å². The van der Waals surface area contributed by atoms with Gasteiger partial charge >= 0.3 is 5.97 Å². The summed E-state index contributed by atoms with van der Waals surface area (Å²) in [5.41, 5.74) is 7.91. The molecule has 1 aromatic carbocycles. The SMILES string of the molecule is N[C@@H](CN1CCc2ccccc21)C(=O)O.